The number of hydrogen-bond donors (Lipinski definition) is 1. The van der Waals surface area contributed by atoms with E-state index in [4.69, 9.17) is 14.2 Å². The van der Waals surface area contributed by atoms with Gasteiger partial charge in [0.1, 0.15) is 0 Å². The number of methoxy groups -OCH3 is 3. The molecule has 0 radical (unpaired) electrons. The van der Waals surface area contributed by atoms with Gasteiger partial charge in [0.25, 0.3) is 0 Å². The lowest BCUT2D eigenvalue weighted by atomic mass is 10.1. The van der Waals surface area contributed by atoms with Gasteiger partial charge >= 0.3 is 0 Å². The first-order valence-electron chi connectivity index (χ1n) is 6.26. The molecule has 1 fully saturated rings. The van der Waals surface area contributed by atoms with Crippen molar-refractivity contribution in [3.63, 3.8) is 0 Å². The Labute approximate surface area is 112 Å². The second kappa shape index (κ2) is 5.82. The van der Waals surface area contributed by atoms with Gasteiger partial charge in [0.15, 0.2) is 11.5 Å². The van der Waals surface area contributed by atoms with Crippen LogP contribution in [0, 0.1) is 5.92 Å². The number of ether oxygens (including phenoxy) is 3. The fourth-order valence-corrected chi connectivity index (χ4v) is 1.97. The molecule has 1 aliphatic rings. The van der Waals surface area contributed by atoms with Gasteiger partial charge in [0.05, 0.1) is 21.3 Å². The monoisotopic (exact) mass is 265 g/mol. The van der Waals surface area contributed by atoms with Gasteiger partial charge in [0, 0.05) is 18.0 Å². The number of carbonyl (C=O) groups excluding carboxylic acids is 1. The Morgan fingerprint density at radius 3 is 2.37 bits per heavy atom. The van der Waals surface area contributed by atoms with E-state index in [2.05, 4.69) is 5.32 Å². The minimum absolute atomic E-state index is 0.108. The molecule has 0 spiro atoms. The van der Waals surface area contributed by atoms with Crippen molar-refractivity contribution < 1.29 is 19.0 Å². The maximum atomic E-state index is 11.6. The summed E-state index contributed by atoms with van der Waals surface area (Å²) in [6, 6.07) is 3.67. The molecule has 2 rings (SSSR count). The molecule has 1 amide bonds. The van der Waals surface area contributed by atoms with Gasteiger partial charge in [-0.3, -0.25) is 4.79 Å². The molecule has 0 bridgehead atoms. The summed E-state index contributed by atoms with van der Waals surface area (Å²) in [5.41, 5.74) is 0.870. The first-order chi connectivity index (χ1) is 9.21. The van der Waals surface area contributed by atoms with Gasteiger partial charge in [-0.1, -0.05) is 0 Å². The van der Waals surface area contributed by atoms with E-state index in [1.54, 1.807) is 27.4 Å². The van der Waals surface area contributed by atoms with E-state index in [1.807, 2.05) is 6.07 Å². The standard InChI is InChI=1S/C14H19NO4/c1-17-11-7-6-10(12(18-2)13(11)19-3)8-15-14(16)9-4-5-9/h6-7,9H,4-5,8H2,1-3H3,(H,15,16). The Kier molecular flexibility index (Phi) is 4.14. The highest BCUT2D eigenvalue weighted by Crippen LogP contribution is 2.39. The minimum atomic E-state index is 0.108. The summed E-state index contributed by atoms with van der Waals surface area (Å²) in [6.07, 6.45) is 1.99. The van der Waals surface area contributed by atoms with Crippen LogP contribution in [0.2, 0.25) is 0 Å². The molecule has 5 heteroatoms. The Balaban J connectivity index is 2.16. The smallest absolute Gasteiger partial charge is 0.223 e. The molecule has 104 valence electrons. The number of amides is 1. The molecule has 0 atom stereocenters. The molecule has 1 aliphatic carbocycles. The van der Waals surface area contributed by atoms with Crippen LogP contribution in [0.15, 0.2) is 12.1 Å². The molecular formula is C14H19NO4. The summed E-state index contributed by atoms with van der Waals surface area (Å²) in [4.78, 5) is 11.6. The molecule has 0 unspecified atom stereocenters. The Morgan fingerprint density at radius 1 is 1.16 bits per heavy atom. The van der Waals surface area contributed by atoms with Crippen LogP contribution in [0.3, 0.4) is 0 Å². The van der Waals surface area contributed by atoms with Gasteiger partial charge in [-0.2, -0.15) is 0 Å². The van der Waals surface area contributed by atoms with Crippen LogP contribution in [-0.2, 0) is 11.3 Å². The molecular weight excluding hydrogens is 246 g/mol. The third-order valence-corrected chi connectivity index (χ3v) is 3.19. The van der Waals surface area contributed by atoms with Crippen LogP contribution < -0.4 is 19.5 Å². The van der Waals surface area contributed by atoms with E-state index in [-0.39, 0.29) is 11.8 Å². The van der Waals surface area contributed by atoms with Crippen molar-refractivity contribution in [1.82, 2.24) is 5.32 Å². The van der Waals surface area contributed by atoms with E-state index in [0.29, 0.717) is 23.8 Å². The zero-order chi connectivity index (χ0) is 13.8. The van der Waals surface area contributed by atoms with Crippen molar-refractivity contribution in [2.75, 3.05) is 21.3 Å². The average Bonchev–Trinajstić information content (AvgIpc) is 3.27. The molecule has 0 saturated heterocycles. The number of hydrogen-bond acceptors (Lipinski definition) is 4. The summed E-state index contributed by atoms with van der Waals surface area (Å²) in [6.45, 7) is 0.429. The summed E-state index contributed by atoms with van der Waals surface area (Å²) < 4.78 is 15.9. The van der Waals surface area contributed by atoms with Gasteiger partial charge in [-0.15, -0.1) is 0 Å². The largest absolute Gasteiger partial charge is 0.493 e. The van der Waals surface area contributed by atoms with E-state index in [0.717, 1.165) is 18.4 Å². The lowest BCUT2D eigenvalue weighted by Gasteiger charge is -2.16. The highest BCUT2D eigenvalue weighted by Gasteiger charge is 2.29. The minimum Gasteiger partial charge on any atom is -0.493 e. The number of rotatable bonds is 6. The molecule has 0 heterocycles. The highest BCUT2D eigenvalue weighted by atomic mass is 16.5. The molecule has 0 aromatic heterocycles. The first-order valence-corrected chi connectivity index (χ1v) is 6.26. The quantitative estimate of drug-likeness (QED) is 0.851. The predicted molar refractivity (Wildman–Crippen MR) is 70.7 cm³/mol. The Morgan fingerprint density at radius 2 is 1.84 bits per heavy atom. The molecule has 5 nitrogen and oxygen atoms in total. The fraction of sp³-hybridized carbons (Fsp3) is 0.500. The molecule has 1 aromatic rings. The zero-order valence-electron chi connectivity index (χ0n) is 11.5. The van der Waals surface area contributed by atoms with Gasteiger partial charge < -0.3 is 19.5 Å². The van der Waals surface area contributed by atoms with Gasteiger partial charge in [-0.25, -0.2) is 0 Å². The normalized spacial score (nSPS) is 13.8. The van der Waals surface area contributed by atoms with Crippen LogP contribution in [0.25, 0.3) is 0 Å². The first kappa shape index (κ1) is 13.5. The summed E-state index contributed by atoms with van der Waals surface area (Å²) in [5.74, 6) is 2.06. The summed E-state index contributed by atoms with van der Waals surface area (Å²) >= 11 is 0. The second-order valence-corrected chi connectivity index (χ2v) is 4.49. The Hall–Kier alpha value is -1.91. The van der Waals surface area contributed by atoms with Gasteiger partial charge in [0.2, 0.25) is 11.7 Å². The van der Waals surface area contributed by atoms with E-state index < -0.39 is 0 Å². The third kappa shape index (κ3) is 2.92. The lowest BCUT2D eigenvalue weighted by Crippen LogP contribution is -2.24. The van der Waals surface area contributed by atoms with Crippen LogP contribution in [0.1, 0.15) is 18.4 Å². The van der Waals surface area contributed by atoms with Crippen molar-refractivity contribution in [3.05, 3.63) is 17.7 Å². The molecule has 19 heavy (non-hydrogen) atoms. The number of benzene rings is 1. The topological polar surface area (TPSA) is 56.8 Å². The number of nitrogens with one attached hydrogen (secondary N) is 1. The summed E-state index contributed by atoms with van der Waals surface area (Å²) in [5, 5.41) is 2.91. The predicted octanol–water partition coefficient (Wildman–Crippen LogP) is 1.74. The molecule has 1 N–H and O–H groups in total. The highest BCUT2D eigenvalue weighted by molar-refractivity contribution is 5.80. The van der Waals surface area contributed by atoms with Crippen LogP contribution in [0.4, 0.5) is 0 Å². The molecule has 1 saturated carbocycles. The summed E-state index contributed by atoms with van der Waals surface area (Å²) in [7, 11) is 4.71. The maximum absolute atomic E-state index is 11.6. The average molecular weight is 265 g/mol. The maximum Gasteiger partial charge on any atom is 0.223 e. The van der Waals surface area contributed by atoms with Crippen LogP contribution >= 0.6 is 0 Å². The van der Waals surface area contributed by atoms with Crippen molar-refractivity contribution >= 4 is 5.91 Å². The van der Waals surface area contributed by atoms with Crippen molar-refractivity contribution in [1.29, 1.82) is 0 Å². The third-order valence-electron chi connectivity index (χ3n) is 3.19. The van der Waals surface area contributed by atoms with Crippen molar-refractivity contribution in [2.24, 2.45) is 5.92 Å². The SMILES string of the molecule is COc1ccc(CNC(=O)C2CC2)c(OC)c1OC. The number of carbonyl (C=O) groups is 1. The fourth-order valence-electron chi connectivity index (χ4n) is 1.97. The Bertz CT molecular complexity index is 469. The zero-order valence-corrected chi connectivity index (χ0v) is 11.5. The van der Waals surface area contributed by atoms with Crippen molar-refractivity contribution in [2.45, 2.75) is 19.4 Å². The molecule has 0 aliphatic heterocycles. The lowest BCUT2D eigenvalue weighted by molar-refractivity contribution is -0.122. The molecule has 1 aromatic carbocycles. The van der Waals surface area contributed by atoms with Gasteiger partial charge in [-0.05, 0) is 25.0 Å². The van der Waals surface area contributed by atoms with E-state index in [9.17, 15) is 4.79 Å². The van der Waals surface area contributed by atoms with E-state index in [1.165, 1.54) is 0 Å². The van der Waals surface area contributed by atoms with Crippen LogP contribution in [0.5, 0.6) is 17.2 Å². The second-order valence-electron chi connectivity index (χ2n) is 4.49. The van der Waals surface area contributed by atoms with Crippen LogP contribution in [-0.4, -0.2) is 27.2 Å². The van der Waals surface area contributed by atoms with Crippen molar-refractivity contribution in [3.8, 4) is 17.2 Å². The van der Waals surface area contributed by atoms with E-state index >= 15 is 0 Å².